The average molecular weight is 310 g/mol. The van der Waals surface area contributed by atoms with Crippen molar-refractivity contribution < 1.29 is 9.84 Å². The van der Waals surface area contributed by atoms with Crippen molar-refractivity contribution in [1.82, 2.24) is 9.55 Å². The largest absolute Gasteiger partial charge is 0.491 e. The third kappa shape index (κ3) is 3.37. The fraction of sp³-hybridized carbons (Fsp3) is 0.316. The lowest BCUT2D eigenvalue weighted by molar-refractivity contribution is 0.0926. The van der Waals surface area contributed by atoms with Crippen LogP contribution in [0.15, 0.2) is 42.5 Å². The number of aliphatic hydroxyl groups excluding tert-OH is 1. The number of aryl methyl sites for hydroxylation is 3. The molecule has 120 valence electrons. The third-order valence-corrected chi connectivity index (χ3v) is 4.01. The van der Waals surface area contributed by atoms with Crippen LogP contribution < -0.4 is 4.74 Å². The van der Waals surface area contributed by atoms with Crippen LogP contribution in [0.5, 0.6) is 5.75 Å². The van der Waals surface area contributed by atoms with Gasteiger partial charge in [0, 0.05) is 0 Å². The van der Waals surface area contributed by atoms with E-state index >= 15 is 0 Å². The fourth-order valence-corrected chi connectivity index (χ4v) is 2.74. The van der Waals surface area contributed by atoms with Gasteiger partial charge < -0.3 is 14.4 Å². The Labute approximate surface area is 136 Å². The van der Waals surface area contributed by atoms with Gasteiger partial charge in [0.25, 0.3) is 0 Å². The van der Waals surface area contributed by atoms with Crippen LogP contribution in [-0.2, 0) is 6.54 Å². The van der Waals surface area contributed by atoms with Gasteiger partial charge in [-0.05, 0) is 50.1 Å². The van der Waals surface area contributed by atoms with E-state index in [0.717, 1.165) is 33.7 Å². The molecular weight excluding hydrogens is 288 g/mol. The highest BCUT2D eigenvalue weighted by Gasteiger charge is 2.12. The number of imidazole rings is 1. The normalized spacial score (nSPS) is 12.5. The van der Waals surface area contributed by atoms with E-state index in [-0.39, 0.29) is 6.61 Å². The number of nitrogens with zero attached hydrogens (tertiary/aromatic N) is 2. The van der Waals surface area contributed by atoms with Crippen LogP contribution in [0.3, 0.4) is 0 Å². The van der Waals surface area contributed by atoms with Crippen molar-refractivity contribution in [2.45, 2.75) is 33.4 Å². The van der Waals surface area contributed by atoms with Gasteiger partial charge in [-0.15, -0.1) is 0 Å². The molecule has 0 bridgehead atoms. The van der Waals surface area contributed by atoms with Gasteiger partial charge in [0.2, 0.25) is 0 Å². The van der Waals surface area contributed by atoms with Crippen molar-refractivity contribution in [3.63, 3.8) is 0 Å². The van der Waals surface area contributed by atoms with Gasteiger partial charge in [0.1, 0.15) is 24.3 Å². The topological polar surface area (TPSA) is 47.3 Å². The van der Waals surface area contributed by atoms with E-state index < -0.39 is 6.10 Å². The van der Waals surface area contributed by atoms with Gasteiger partial charge in [-0.25, -0.2) is 4.98 Å². The molecule has 0 spiro atoms. The van der Waals surface area contributed by atoms with Crippen LogP contribution in [0.4, 0.5) is 0 Å². The lowest BCUT2D eigenvalue weighted by Crippen LogP contribution is -2.24. The molecule has 3 rings (SSSR count). The van der Waals surface area contributed by atoms with E-state index in [1.165, 1.54) is 0 Å². The van der Waals surface area contributed by atoms with E-state index in [0.29, 0.717) is 6.54 Å². The van der Waals surface area contributed by atoms with E-state index in [1.54, 1.807) is 0 Å². The minimum absolute atomic E-state index is 0.260. The van der Waals surface area contributed by atoms with Gasteiger partial charge in [-0.1, -0.05) is 24.3 Å². The third-order valence-electron chi connectivity index (χ3n) is 4.01. The molecule has 2 aromatic carbocycles. The Morgan fingerprint density at radius 3 is 2.74 bits per heavy atom. The first kappa shape index (κ1) is 15.6. The van der Waals surface area contributed by atoms with Gasteiger partial charge in [-0.3, -0.25) is 0 Å². The van der Waals surface area contributed by atoms with Crippen LogP contribution in [0.2, 0.25) is 0 Å². The smallest absolute Gasteiger partial charge is 0.122 e. The monoisotopic (exact) mass is 310 g/mol. The highest BCUT2D eigenvalue weighted by molar-refractivity contribution is 5.75. The number of aliphatic hydroxyl groups is 1. The molecule has 1 heterocycles. The first-order valence-corrected chi connectivity index (χ1v) is 7.84. The summed E-state index contributed by atoms with van der Waals surface area (Å²) in [6.07, 6.45) is -0.591. The summed E-state index contributed by atoms with van der Waals surface area (Å²) in [5, 5.41) is 10.4. The molecule has 4 heteroatoms. The second kappa shape index (κ2) is 6.42. The number of ether oxygens (including phenoxy) is 1. The van der Waals surface area contributed by atoms with Crippen LogP contribution in [0, 0.1) is 20.8 Å². The summed E-state index contributed by atoms with van der Waals surface area (Å²) in [4.78, 5) is 4.52. The number of para-hydroxylation sites is 2. The van der Waals surface area contributed by atoms with Crippen molar-refractivity contribution in [3.05, 3.63) is 59.4 Å². The molecule has 0 aliphatic heterocycles. The quantitative estimate of drug-likeness (QED) is 0.785. The van der Waals surface area contributed by atoms with Crippen molar-refractivity contribution in [3.8, 4) is 5.75 Å². The number of benzene rings is 2. The lowest BCUT2D eigenvalue weighted by Gasteiger charge is -2.16. The predicted molar refractivity (Wildman–Crippen MR) is 91.9 cm³/mol. The van der Waals surface area contributed by atoms with Crippen molar-refractivity contribution in [2.24, 2.45) is 0 Å². The molecule has 0 unspecified atom stereocenters. The van der Waals surface area contributed by atoms with E-state index in [4.69, 9.17) is 4.74 Å². The van der Waals surface area contributed by atoms with E-state index in [2.05, 4.69) is 11.1 Å². The number of aromatic nitrogens is 2. The van der Waals surface area contributed by atoms with E-state index in [9.17, 15) is 5.11 Å². The molecule has 0 saturated carbocycles. The molecule has 1 N–H and O–H groups in total. The molecule has 0 amide bonds. The second-order valence-corrected chi connectivity index (χ2v) is 5.99. The van der Waals surface area contributed by atoms with Gasteiger partial charge >= 0.3 is 0 Å². The van der Waals surface area contributed by atoms with Gasteiger partial charge in [-0.2, -0.15) is 0 Å². The Hall–Kier alpha value is -2.33. The SMILES string of the molecule is Cc1ccc(C)c(OC[C@@H](O)Cn2c(C)nc3ccccc32)c1. The number of hydrogen-bond acceptors (Lipinski definition) is 3. The molecule has 0 radical (unpaired) electrons. The highest BCUT2D eigenvalue weighted by Crippen LogP contribution is 2.20. The summed E-state index contributed by atoms with van der Waals surface area (Å²) in [5.74, 6) is 1.73. The number of hydrogen-bond donors (Lipinski definition) is 1. The molecule has 23 heavy (non-hydrogen) atoms. The van der Waals surface area contributed by atoms with Crippen molar-refractivity contribution in [1.29, 1.82) is 0 Å². The van der Waals surface area contributed by atoms with Crippen molar-refractivity contribution >= 4 is 11.0 Å². The molecule has 4 nitrogen and oxygen atoms in total. The van der Waals surface area contributed by atoms with Gasteiger partial charge in [0.15, 0.2) is 0 Å². The van der Waals surface area contributed by atoms with Crippen molar-refractivity contribution in [2.75, 3.05) is 6.61 Å². The molecule has 0 aliphatic carbocycles. The standard InChI is InChI=1S/C19H22N2O2/c1-13-8-9-14(2)19(10-13)23-12-16(22)11-21-15(3)20-17-6-4-5-7-18(17)21/h4-10,16,22H,11-12H2,1-3H3/t16-/m0/s1. The number of rotatable bonds is 5. The molecule has 0 aliphatic rings. The molecule has 3 aromatic rings. The summed E-state index contributed by atoms with van der Waals surface area (Å²) < 4.78 is 7.83. The zero-order chi connectivity index (χ0) is 16.4. The Bertz CT molecular complexity index is 823. The zero-order valence-corrected chi connectivity index (χ0v) is 13.8. The fourth-order valence-electron chi connectivity index (χ4n) is 2.74. The van der Waals surface area contributed by atoms with Crippen LogP contribution in [-0.4, -0.2) is 27.4 Å². The first-order valence-electron chi connectivity index (χ1n) is 7.84. The molecule has 1 aromatic heterocycles. The lowest BCUT2D eigenvalue weighted by atomic mass is 10.1. The molecular formula is C19H22N2O2. The molecule has 0 saturated heterocycles. The summed E-state index contributed by atoms with van der Waals surface area (Å²) in [5.41, 5.74) is 4.21. The van der Waals surface area contributed by atoms with Crippen LogP contribution >= 0.6 is 0 Å². The minimum Gasteiger partial charge on any atom is -0.491 e. The maximum atomic E-state index is 10.4. The Kier molecular flexibility index (Phi) is 4.35. The first-order chi connectivity index (χ1) is 11.0. The summed E-state index contributed by atoms with van der Waals surface area (Å²) in [7, 11) is 0. The van der Waals surface area contributed by atoms with E-state index in [1.807, 2.05) is 61.7 Å². The van der Waals surface area contributed by atoms with Crippen LogP contribution in [0.1, 0.15) is 17.0 Å². The average Bonchev–Trinajstić information content (AvgIpc) is 2.84. The second-order valence-electron chi connectivity index (χ2n) is 5.99. The van der Waals surface area contributed by atoms with Crippen LogP contribution in [0.25, 0.3) is 11.0 Å². The Morgan fingerprint density at radius 1 is 1.13 bits per heavy atom. The molecule has 1 atom stereocenters. The Morgan fingerprint density at radius 2 is 1.91 bits per heavy atom. The number of fused-ring (bicyclic) bond motifs is 1. The predicted octanol–water partition coefficient (Wildman–Crippen LogP) is 3.40. The maximum absolute atomic E-state index is 10.4. The maximum Gasteiger partial charge on any atom is 0.122 e. The van der Waals surface area contributed by atoms with Gasteiger partial charge in [0.05, 0.1) is 17.6 Å². The highest BCUT2D eigenvalue weighted by atomic mass is 16.5. The summed E-state index contributed by atoms with van der Waals surface area (Å²) >= 11 is 0. The zero-order valence-electron chi connectivity index (χ0n) is 13.8. The summed E-state index contributed by atoms with van der Waals surface area (Å²) in [6, 6.07) is 14.0. The molecule has 0 fully saturated rings. The summed E-state index contributed by atoms with van der Waals surface area (Å²) in [6.45, 7) is 6.73. The minimum atomic E-state index is -0.591. The Balaban J connectivity index is 1.70.